The highest BCUT2D eigenvalue weighted by molar-refractivity contribution is 7.99. The Kier molecular flexibility index (Phi) is 5.60. The van der Waals surface area contributed by atoms with Gasteiger partial charge in [0.1, 0.15) is 5.58 Å². The lowest BCUT2D eigenvalue weighted by Gasteiger charge is -2.06. The lowest BCUT2D eigenvalue weighted by molar-refractivity contribution is -0.113. The molecule has 0 aliphatic carbocycles. The molecule has 8 heteroatoms. The van der Waals surface area contributed by atoms with Crippen LogP contribution in [0.15, 0.2) is 58.1 Å². The number of benzene rings is 2. The first kappa shape index (κ1) is 19.5. The molecule has 6 nitrogen and oxygen atoms in total. The molecule has 0 unspecified atom stereocenters. The molecular formula is C21H19ClN4O2S. The van der Waals surface area contributed by atoms with Crippen LogP contribution in [0.5, 0.6) is 0 Å². The highest BCUT2D eigenvalue weighted by Gasteiger charge is 2.16. The Hall–Kier alpha value is -2.77. The molecule has 0 spiro atoms. The summed E-state index contributed by atoms with van der Waals surface area (Å²) in [4.78, 5) is 12.3. The second kappa shape index (κ2) is 8.31. The fraction of sp³-hybridized carbons (Fsp3) is 0.190. The monoisotopic (exact) mass is 426 g/mol. The molecule has 0 fully saturated rings. The molecule has 2 aromatic carbocycles. The first-order chi connectivity index (χ1) is 14.0. The van der Waals surface area contributed by atoms with Gasteiger partial charge in [-0.15, -0.1) is 10.2 Å². The van der Waals surface area contributed by atoms with E-state index in [2.05, 4.69) is 22.4 Å². The van der Waals surface area contributed by atoms with Crippen LogP contribution in [-0.4, -0.2) is 26.4 Å². The summed E-state index contributed by atoms with van der Waals surface area (Å²) in [6.45, 7) is 2.10. The van der Waals surface area contributed by atoms with Crippen molar-refractivity contribution in [1.29, 1.82) is 0 Å². The van der Waals surface area contributed by atoms with Crippen molar-refractivity contribution in [2.24, 2.45) is 7.05 Å². The van der Waals surface area contributed by atoms with Gasteiger partial charge in [0, 0.05) is 23.1 Å². The number of amides is 1. The zero-order chi connectivity index (χ0) is 20.4. The fourth-order valence-corrected chi connectivity index (χ4v) is 3.82. The number of nitrogens with one attached hydrogen (secondary N) is 1. The average Bonchev–Trinajstić information content (AvgIpc) is 3.29. The molecule has 0 saturated heterocycles. The van der Waals surface area contributed by atoms with Crippen LogP contribution < -0.4 is 5.32 Å². The molecule has 2 heterocycles. The molecule has 1 amide bonds. The van der Waals surface area contributed by atoms with Crippen LogP contribution in [0.1, 0.15) is 12.5 Å². The lowest BCUT2D eigenvalue weighted by Crippen LogP contribution is -2.14. The van der Waals surface area contributed by atoms with Crippen molar-refractivity contribution in [2.75, 3.05) is 11.1 Å². The van der Waals surface area contributed by atoms with Crippen LogP contribution in [0, 0.1) is 0 Å². The smallest absolute Gasteiger partial charge is 0.234 e. The van der Waals surface area contributed by atoms with Gasteiger partial charge in [-0.05, 0) is 48.4 Å². The quantitative estimate of drug-likeness (QED) is 0.430. The van der Waals surface area contributed by atoms with Crippen molar-refractivity contribution >= 4 is 45.9 Å². The van der Waals surface area contributed by atoms with Crippen molar-refractivity contribution in [3.05, 3.63) is 59.1 Å². The van der Waals surface area contributed by atoms with E-state index >= 15 is 0 Å². The average molecular weight is 427 g/mol. The van der Waals surface area contributed by atoms with Crippen LogP contribution in [0.4, 0.5) is 5.69 Å². The normalized spacial score (nSPS) is 11.1. The number of hydrogen-bond acceptors (Lipinski definition) is 5. The summed E-state index contributed by atoms with van der Waals surface area (Å²) in [7, 11) is 1.85. The van der Waals surface area contributed by atoms with E-state index in [1.165, 1.54) is 17.3 Å². The first-order valence-corrected chi connectivity index (χ1v) is 10.5. The number of anilines is 1. The van der Waals surface area contributed by atoms with Gasteiger partial charge in [0.2, 0.25) is 5.91 Å². The third-order valence-corrected chi connectivity index (χ3v) is 5.77. The molecule has 0 aliphatic rings. The Morgan fingerprint density at radius 1 is 1.17 bits per heavy atom. The van der Waals surface area contributed by atoms with Gasteiger partial charge in [-0.3, -0.25) is 4.79 Å². The molecule has 0 atom stereocenters. The maximum atomic E-state index is 12.3. The summed E-state index contributed by atoms with van der Waals surface area (Å²) in [6, 6.07) is 15.2. The Morgan fingerprint density at radius 2 is 1.97 bits per heavy atom. The summed E-state index contributed by atoms with van der Waals surface area (Å²) in [5.41, 5.74) is 2.75. The third-order valence-electron chi connectivity index (χ3n) is 4.51. The van der Waals surface area contributed by atoms with Crippen molar-refractivity contribution < 1.29 is 9.21 Å². The van der Waals surface area contributed by atoms with Gasteiger partial charge in [0.05, 0.1) is 5.75 Å². The van der Waals surface area contributed by atoms with E-state index in [9.17, 15) is 4.79 Å². The molecule has 2 aromatic heterocycles. The molecule has 148 valence electrons. The van der Waals surface area contributed by atoms with Gasteiger partial charge in [-0.1, -0.05) is 42.4 Å². The number of thioether (sulfide) groups is 1. The van der Waals surface area contributed by atoms with Crippen molar-refractivity contribution in [3.63, 3.8) is 0 Å². The summed E-state index contributed by atoms with van der Waals surface area (Å²) in [5, 5.41) is 13.5. The summed E-state index contributed by atoms with van der Waals surface area (Å²) in [6.07, 6.45) is 0.969. The van der Waals surface area contributed by atoms with E-state index in [4.69, 9.17) is 16.0 Å². The van der Waals surface area contributed by atoms with E-state index in [0.717, 1.165) is 23.1 Å². The van der Waals surface area contributed by atoms with Gasteiger partial charge in [-0.25, -0.2) is 0 Å². The number of fused-ring (bicyclic) bond motifs is 1. The number of furan rings is 1. The van der Waals surface area contributed by atoms with E-state index < -0.39 is 0 Å². The SMILES string of the molecule is CCc1ccc(NC(=O)CSc2nnc(-c3cc4cc(Cl)ccc4o3)n2C)cc1. The molecule has 0 radical (unpaired) electrons. The van der Waals surface area contributed by atoms with Crippen LogP contribution >= 0.6 is 23.4 Å². The van der Waals surface area contributed by atoms with Gasteiger partial charge in [-0.2, -0.15) is 0 Å². The second-order valence-corrected chi connectivity index (χ2v) is 7.92. The Bertz CT molecular complexity index is 1170. The molecule has 1 N–H and O–H groups in total. The molecule has 4 aromatic rings. The highest BCUT2D eigenvalue weighted by atomic mass is 35.5. The van der Waals surface area contributed by atoms with Gasteiger partial charge < -0.3 is 14.3 Å². The lowest BCUT2D eigenvalue weighted by atomic mass is 10.1. The first-order valence-electron chi connectivity index (χ1n) is 9.14. The predicted octanol–water partition coefficient (Wildman–Crippen LogP) is 5.17. The highest BCUT2D eigenvalue weighted by Crippen LogP contribution is 2.30. The number of aryl methyl sites for hydroxylation is 1. The minimum atomic E-state index is -0.0952. The third kappa shape index (κ3) is 4.31. The van der Waals surface area contributed by atoms with Crippen molar-refractivity contribution in [2.45, 2.75) is 18.5 Å². The topological polar surface area (TPSA) is 73.0 Å². The van der Waals surface area contributed by atoms with E-state index in [1.807, 2.05) is 54.1 Å². The van der Waals surface area contributed by atoms with Gasteiger partial charge in [0.15, 0.2) is 16.7 Å². The molecule has 4 rings (SSSR count). The van der Waals surface area contributed by atoms with E-state index in [-0.39, 0.29) is 11.7 Å². The Balaban J connectivity index is 1.43. The van der Waals surface area contributed by atoms with Crippen molar-refractivity contribution in [3.8, 4) is 11.6 Å². The Morgan fingerprint density at radius 3 is 2.72 bits per heavy atom. The Labute approximate surface area is 177 Å². The maximum absolute atomic E-state index is 12.3. The largest absolute Gasteiger partial charge is 0.453 e. The maximum Gasteiger partial charge on any atom is 0.234 e. The number of halogens is 1. The van der Waals surface area contributed by atoms with Gasteiger partial charge >= 0.3 is 0 Å². The number of carbonyl (C=O) groups is 1. The number of carbonyl (C=O) groups excluding carboxylic acids is 1. The van der Waals surface area contributed by atoms with Gasteiger partial charge in [0.25, 0.3) is 0 Å². The number of hydrogen-bond donors (Lipinski definition) is 1. The minimum absolute atomic E-state index is 0.0952. The summed E-state index contributed by atoms with van der Waals surface area (Å²) < 4.78 is 7.67. The number of rotatable bonds is 6. The van der Waals surface area contributed by atoms with E-state index in [0.29, 0.717) is 21.8 Å². The second-order valence-electron chi connectivity index (χ2n) is 6.55. The molecule has 0 saturated carbocycles. The summed E-state index contributed by atoms with van der Waals surface area (Å²) >= 11 is 7.36. The standard InChI is InChI=1S/C21H19ClN4O2S/c1-3-13-4-7-16(8-5-13)23-19(27)12-29-21-25-24-20(26(21)2)18-11-14-10-15(22)6-9-17(14)28-18/h4-11H,3,12H2,1-2H3,(H,23,27). The molecular weight excluding hydrogens is 408 g/mol. The van der Waals surface area contributed by atoms with Crippen LogP contribution in [0.25, 0.3) is 22.6 Å². The number of aromatic nitrogens is 3. The summed E-state index contributed by atoms with van der Waals surface area (Å²) in [5.74, 6) is 1.33. The fourth-order valence-electron chi connectivity index (χ4n) is 2.93. The van der Waals surface area contributed by atoms with Crippen LogP contribution in [-0.2, 0) is 18.3 Å². The predicted molar refractivity (Wildman–Crippen MR) is 116 cm³/mol. The molecule has 29 heavy (non-hydrogen) atoms. The minimum Gasteiger partial charge on any atom is -0.453 e. The van der Waals surface area contributed by atoms with E-state index in [1.54, 1.807) is 6.07 Å². The zero-order valence-electron chi connectivity index (χ0n) is 16.0. The molecule has 0 aliphatic heterocycles. The molecule has 0 bridgehead atoms. The zero-order valence-corrected chi connectivity index (χ0v) is 17.5. The van der Waals surface area contributed by atoms with Crippen LogP contribution in [0.2, 0.25) is 5.02 Å². The van der Waals surface area contributed by atoms with Crippen LogP contribution in [0.3, 0.4) is 0 Å². The number of nitrogens with zero attached hydrogens (tertiary/aromatic N) is 3. The van der Waals surface area contributed by atoms with Crippen molar-refractivity contribution in [1.82, 2.24) is 14.8 Å².